The molecule has 2 heterocycles. The zero-order valence-electron chi connectivity index (χ0n) is 13.6. The number of rotatable bonds is 3. The Morgan fingerprint density at radius 1 is 1.40 bits per heavy atom. The third kappa shape index (κ3) is 3.13. The van der Waals surface area contributed by atoms with Crippen molar-refractivity contribution in [1.82, 2.24) is 14.6 Å². The van der Waals surface area contributed by atoms with Crippen LogP contribution in [0.1, 0.15) is 11.3 Å². The number of carbonyl (C=O) groups excluding carboxylic acids is 1. The minimum Gasteiger partial charge on any atom is -0.453 e. The number of fused-ring (bicyclic) bond motifs is 1. The maximum Gasteiger partial charge on any atom is 0.411 e. The lowest BCUT2D eigenvalue weighted by Gasteiger charge is -2.12. The minimum absolute atomic E-state index is 0.280. The van der Waals surface area contributed by atoms with Crippen LogP contribution < -0.4 is 16.4 Å². The first-order chi connectivity index (χ1) is 12.0. The van der Waals surface area contributed by atoms with Crippen LogP contribution in [-0.4, -0.2) is 27.8 Å². The minimum atomic E-state index is -0.555. The second kappa shape index (κ2) is 6.37. The molecule has 0 aliphatic rings. The summed E-state index contributed by atoms with van der Waals surface area (Å²) in [6.07, 6.45) is 0.855. The fourth-order valence-corrected chi connectivity index (χ4v) is 2.27. The predicted molar refractivity (Wildman–Crippen MR) is 92.6 cm³/mol. The molecular formula is C16H15N7O2. The molecule has 0 bridgehead atoms. The number of nitrogens with one attached hydrogen (secondary N) is 2. The van der Waals surface area contributed by atoms with Gasteiger partial charge in [-0.2, -0.15) is 9.78 Å². The second-order valence-corrected chi connectivity index (χ2v) is 5.25. The van der Waals surface area contributed by atoms with Crippen LogP contribution in [0, 0.1) is 18.3 Å². The molecule has 0 spiro atoms. The van der Waals surface area contributed by atoms with E-state index in [-0.39, 0.29) is 5.69 Å². The fourth-order valence-electron chi connectivity index (χ4n) is 2.27. The van der Waals surface area contributed by atoms with Crippen molar-refractivity contribution in [2.75, 3.05) is 23.5 Å². The van der Waals surface area contributed by atoms with E-state index in [1.54, 1.807) is 12.1 Å². The zero-order valence-corrected chi connectivity index (χ0v) is 13.6. The molecule has 0 aliphatic heterocycles. The summed E-state index contributed by atoms with van der Waals surface area (Å²) in [5.74, 6) is 0.437. The van der Waals surface area contributed by atoms with Crippen molar-refractivity contribution in [2.45, 2.75) is 6.92 Å². The van der Waals surface area contributed by atoms with Crippen LogP contribution in [0.25, 0.3) is 5.65 Å². The predicted octanol–water partition coefficient (Wildman–Crippen LogP) is 2.41. The number of ether oxygens (including phenoxy) is 1. The van der Waals surface area contributed by atoms with Gasteiger partial charge >= 0.3 is 6.09 Å². The van der Waals surface area contributed by atoms with Gasteiger partial charge in [0.15, 0.2) is 17.2 Å². The van der Waals surface area contributed by atoms with Crippen LogP contribution in [-0.2, 0) is 4.74 Å². The number of aryl methyl sites for hydroxylation is 1. The average molecular weight is 337 g/mol. The molecule has 1 aromatic carbocycles. The summed E-state index contributed by atoms with van der Waals surface area (Å²) < 4.78 is 5.98. The van der Waals surface area contributed by atoms with Gasteiger partial charge in [-0.3, -0.25) is 5.32 Å². The van der Waals surface area contributed by atoms with E-state index in [0.717, 1.165) is 5.56 Å². The summed E-state index contributed by atoms with van der Waals surface area (Å²) in [7, 11) is 1.30. The van der Waals surface area contributed by atoms with E-state index < -0.39 is 6.09 Å². The van der Waals surface area contributed by atoms with E-state index in [1.165, 1.54) is 17.8 Å². The van der Waals surface area contributed by atoms with Crippen LogP contribution in [0.5, 0.6) is 0 Å². The van der Waals surface area contributed by atoms with E-state index in [1.807, 2.05) is 25.1 Å². The number of imidazole rings is 1. The lowest BCUT2D eigenvalue weighted by Crippen LogP contribution is -2.12. The molecule has 2 aromatic heterocycles. The summed E-state index contributed by atoms with van der Waals surface area (Å²) in [5, 5.41) is 19.2. The molecule has 0 fully saturated rings. The highest BCUT2D eigenvalue weighted by molar-refractivity contribution is 5.86. The monoisotopic (exact) mass is 337 g/mol. The number of benzene rings is 1. The van der Waals surface area contributed by atoms with Gasteiger partial charge in [-0.05, 0) is 24.6 Å². The van der Waals surface area contributed by atoms with Gasteiger partial charge in [0.1, 0.15) is 6.07 Å². The van der Waals surface area contributed by atoms with Crippen molar-refractivity contribution >= 4 is 34.6 Å². The molecule has 0 radical (unpaired) electrons. The summed E-state index contributed by atoms with van der Waals surface area (Å²) in [6.45, 7) is 1.86. The summed E-state index contributed by atoms with van der Waals surface area (Å²) >= 11 is 0. The topological polar surface area (TPSA) is 130 Å². The highest BCUT2D eigenvalue weighted by Gasteiger charge is 2.10. The first-order valence-corrected chi connectivity index (χ1v) is 7.29. The number of hydrogen-bond acceptors (Lipinski definition) is 7. The number of hydrogen-bond donors (Lipinski definition) is 3. The largest absolute Gasteiger partial charge is 0.453 e. The Morgan fingerprint density at radius 2 is 2.20 bits per heavy atom. The van der Waals surface area contributed by atoms with Crippen molar-refractivity contribution in [3.63, 3.8) is 0 Å². The molecule has 0 saturated carbocycles. The molecule has 9 heteroatoms. The van der Waals surface area contributed by atoms with Crippen molar-refractivity contribution in [3.8, 4) is 6.07 Å². The number of nitrogen functional groups attached to an aromatic ring is 1. The third-order valence-corrected chi connectivity index (χ3v) is 3.54. The van der Waals surface area contributed by atoms with Gasteiger partial charge < -0.3 is 15.8 Å². The molecule has 0 saturated heterocycles. The highest BCUT2D eigenvalue weighted by Crippen LogP contribution is 2.24. The standard InChI is InChI=1S/C16H15N7O2/c1-9-3-4-10(5-13(9)21-16(24)25-2)20-14-6-12(18)15-19-8-11(7-17)23(15)22-14/h3-6,8H,18H2,1-2H3,(H,20,22)(H,21,24). The first-order valence-electron chi connectivity index (χ1n) is 7.29. The molecule has 126 valence electrons. The second-order valence-electron chi connectivity index (χ2n) is 5.25. The Morgan fingerprint density at radius 3 is 2.92 bits per heavy atom. The van der Waals surface area contributed by atoms with E-state index in [0.29, 0.717) is 28.5 Å². The van der Waals surface area contributed by atoms with Crippen molar-refractivity contribution < 1.29 is 9.53 Å². The lowest BCUT2D eigenvalue weighted by molar-refractivity contribution is 0.187. The Bertz CT molecular complexity index is 1000. The smallest absolute Gasteiger partial charge is 0.411 e. The van der Waals surface area contributed by atoms with Crippen molar-refractivity contribution in [1.29, 1.82) is 5.26 Å². The summed E-state index contributed by atoms with van der Waals surface area (Å²) in [6, 6.07) is 9.04. The number of nitrogens with two attached hydrogens (primary N) is 1. The SMILES string of the molecule is COC(=O)Nc1cc(Nc2cc(N)c3ncc(C#N)n3n2)ccc1C. The van der Waals surface area contributed by atoms with Crippen LogP contribution in [0.15, 0.2) is 30.5 Å². The van der Waals surface area contributed by atoms with Gasteiger partial charge in [-0.1, -0.05) is 6.07 Å². The normalized spacial score (nSPS) is 10.3. The first kappa shape index (κ1) is 16.1. The molecule has 0 aliphatic carbocycles. The summed E-state index contributed by atoms with van der Waals surface area (Å²) in [5.41, 5.74) is 9.21. The number of amides is 1. The highest BCUT2D eigenvalue weighted by atomic mass is 16.5. The van der Waals surface area contributed by atoms with Crippen molar-refractivity contribution in [3.05, 3.63) is 41.7 Å². The van der Waals surface area contributed by atoms with Gasteiger partial charge in [0, 0.05) is 17.4 Å². The van der Waals surface area contributed by atoms with Crippen molar-refractivity contribution in [2.24, 2.45) is 0 Å². The molecule has 1 amide bonds. The molecule has 3 rings (SSSR count). The van der Waals surface area contributed by atoms with E-state index >= 15 is 0 Å². The fraction of sp³-hybridized carbons (Fsp3) is 0.125. The Balaban J connectivity index is 1.94. The Labute approximate surface area is 143 Å². The number of nitrogens with zero attached hydrogens (tertiary/aromatic N) is 4. The van der Waals surface area contributed by atoms with Gasteiger partial charge in [0.2, 0.25) is 0 Å². The van der Waals surface area contributed by atoms with E-state index in [9.17, 15) is 4.79 Å². The molecule has 0 atom stereocenters. The number of carbonyl (C=O) groups is 1. The third-order valence-electron chi connectivity index (χ3n) is 3.54. The van der Waals surface area contributed by atoms with Crippen LogP contribution in [0.3, 0.4) is 0 Å². The van der Waals surface area contributed by atoms with E-state index in [2.05, 4.69) is 25.5 Å². The number of nitriles is 1. The molecule has 4 N–H and O–H groups in total. The van der Waals surface area contributed by atoms with Gasteiger partial charge in [0.25, 0.3) is 0 Å². The summed E-state index contributed by atoms with van der Waals surface area (Å²) in [4.78, 5) is 15.5. The quantitative estimate of drug-likeness (QED) is 0.669. The maximum atomic E-state index is 11.4. The number of methoxy groups -OCH3 is 1. The average Bonchev–Trinajstić information content (AvgIpc) is 3.01. The number of aromatic nitrogens is 3. The van der Waals surface area contributed by atoms with Crippen LogP contribution in [0.4, 0.5) is 27.7 Å². The molecule has 25 heavy (non-hydrogen) atoms. The lowest BCUT2D eigenvalue weighted by atomic mass is 10.2. The zero-order chi connectivity index (χ0) is 18.0. The molecular weight excluding hydrogens is 322 g/mol. The Hall–Kier alpha value is -3.80. The molecule has 9 nitrogen and oxygen atoms in total. The van der Waals surface area contributed by atoms with Crippen LogP contribution >= 0.6 is 0 Å². The molecule has 0 unspecified atom stereocenters. The maximum absolute atomic E-state index is 11.4. The van der Waals surface area contributed by atoms with Gasteiger partial charge in [-0.15, -0.1) is 5.10 Å². The van der Waals surface area contributed by atoms with Crippen LogP contribution in [0.2, 0.25) is 0 Å². The van der Waals surface area contributed by atoms with Gasteiger partial charge in [-0.25, -0.2) is 9.78 Å². The molecule has 3 aromatic rings. The van der Waals surface area contributed by atoms with E-state index in [4.69, 9.17) is 11.0 Å². The van der Waals surface area contributed by atoms with Gasteiger partial charge in [0.05, 0.1) is 19.0 Å². The number of anilines is 4. The Kier molecular flexibility index (Phi) is 4.09.